The molecule has 0 aromatic rings. The maximum Gasteiger partial charge on any atom is 0.0679 e. The molecule has 3 nitrogen and oxygen atoms in total. The SMILES string of the molecule is O[C@@H]1CCN(CCN2CCCC2)C1. The molecular formula is C10H20N2O. The molecule has 2 aliphatic heterocycles. The highest BCUT2D eigenvalue weighted by atomic mass is 16.3. The summed E-state index contributed by atoms with van der Waals surface area (Å²) in [6.45, 7) is 6.92. The van der Waals surface area contributed by atoms with E-state index in [0.29, 0.717) is 0 Å². The second kappa shape index (κ2) is 4.40. The second-order valence-electron chi connectivity index (χ2n) is 4.29. The zero-order valence-corrected chi connectivity index (χ0v) is 8.28. The Bertz CT molecular complexity index is 157. The van der Waals surface area contributed by atoms with Crippen molar-refractivity contribution in [3.63, 3.8) is 0 Å². The minimum atomic E-state index is -0.0569. The van der Waals surface area contributed by atoms with Crippen LogP contribution in [0.25, 0.3) is 0 Å². The van der Waals surface area contributed by atoms with Crippen molar-refractivity contribution in [1.82, 2.24) is 9.80 Å². The fourth-order valence-corrected chi connectivity index (χ4v) is 2.30. The van der Waals surface area contributed by atoms with E-state index in [2.05, 4.69) is 9.80 Å². The van der Waals surface area contributed by atoms with Gasteiger partial charge in [-0.3, -0.25) is 4.90 Å². The van der Waals surface area contributed by atoms with Crippen molar-refractivity contribution in [3.8, 4) is 0 Å². The third-order valence-electron chi connectivity index (χ3n) is 3.18. The maximum absolute atomic E-state index is 9.34. The standard InChI is InChI=1S/C10H20N2O/c13-10-3-6-12(9-10)8-7-11-4-1-2-5-11/h10,13H,1-9H2/t10-/m1/s1. The molecule has 13 heavy (non-hydrogen) atoms. The summed E-state index contributed by atoms with van der Waals surface area (Å²) >= 11 is 0. The van der Waals surface area contributed by atoms with Gasteiger partial charge in [-0.1, -0.05) is 0 Å². The van der Waals surface area contributed by atoms with Gasteiger partial charge in [-0.15, -0.1) is 0 Å². The van der Waals surface area contributed by atoms with E-state index in [1.54, 1.807) is 0 Å². The summed E-state index contributed by atoms with van der Waals surface area (Å²) < 4.78 is 0. The highest BCUT2D eigenvalue weighted by molar-refractivity contribution is 4.76. The van der Waals surface area contributed by atoms with Gasteiger partial charge in [0.1, 0.15) is 0 Å². The number of nitrogens with zero attached hydrogens (tertiary/aromatic N) is 2. The van der Waals surface area contributed by atoms with Crippen LogP contribution in [0, 0.1) is 0 Å². The Hall–Kier alpha value is -0.120. The molecule has 0 saturated carbocycles. The highest BCUT2D eigenvalue weighted by Gasteiger charge is 2.20. The Balaban J connectivity index is 1.62. The van der Waals surface area contributed by atoms with Crippen LogP contribution in [0.2, 0.25) is 0 Å². The van der Waals surface area contributed by atoms with Crippen molar-refractivity contribution in [2.24, 2.45) is 0 Å². The lowest BCUT2D eigenvalue weighted by molar-refractivity contribution is 0.171. The third-order valence-corrected chi connectivity index (χ3v) is 3.18. The van der Waals surface area contributed by atoms with Crippen molar-refractivity contribution in [3.05, 3.63) is 0 Å². The number of hydrogen-bond donors (Lipinski definition) is 1. The predicted molar refractivity (Wildman–Crippen MR) is 52.7 cm³/mol. The molecular weight excluding hydrogens is 164 g/mol. The van der Waals surface area contributed by atoms with E-state index in [-0.39, 0.29) is 6.10 Å². The van der Waals surface area contributed by atoms with Crippen LogP contribution in [0.3, 0.4) is 0 Å². The average molecular weight is 184 g/mol. The molecule has 2 fully saturated rings. The third kappa shape index (κ3) is 2.66. The summed E-state index contributed by atoms with van der Waals surface area (Å²) in [6, 6.07) is 0. The number of rotatable bonds is 3. The molecule has 1 N–H and O–H groups in total. The minimum Gasteiger partial charge on any atom is -0.392 e. The van der Waals surface area contributed by atoms with E-state index in [1.165, 1.54) is 32.5 Å². The van der Waals surface area contributed by atoms with Crippen LogP contribution < -0.4 is 0 Å². The molecule has 2 saturated heterocycles. The van der Waals surface area contributed by atoms with Gasteiger partial charge in [0.15, 0.2) is 0 Å². The Labute approximate surface area is 80.3 Å². The lowest BCUT2D eigenvalue weighted by Crippen LogP contribution is -2.32. The van der Waals surface area contributed by atoms with Gasteiger partial charge in [0.05, 0.1) is 6.10 Å². The lowest BCUT2D eigenvalue weighted by Gasteiger charge is -2.20. The van der Waals surface area contributed by atoms with Gasteiger partial charge in [0.2, 0.25) is 0 Å². The second-order valence-corrected chi connectivity index (χ2v) is 4.29. The minimum absolute atomic E-state index is 0.0569. The number of aliphatic hydroxyl groups excluding tert-OH is 1. The van der Waals surface area contributed by atoms with Crippen LogP contribution in [-0.2, 0) is 0 Å². The Morgan fingerprint density at radius 2 is 1.69 bits per heavy atom. The van der Waals surface area contributed by atoms with E-state index in [4.69, 9.17) is 0 Å². The van der Waals surface area contributed by atoms with E-state index in [1.807, 2.05) is 0 Å². The summed E-state index contributed by atoms with van der Waals surface area (Å²) in [5.74, 6) is 0. The maximum atomic E-state index is 9.34. The van der Waals surface area contributed by atoms with Gasteiger partial charge in [0, 0.05) is 26.2 Å². The quantitative estimate of drug-likeness (QED) is 0.676. The van der Waals surface area contributed by atoms with Gasteiger partial charge >= 0.3 is 0 Å². The van der Waals surface area contributed by atoms with Gasteiger partial charge in [-0.2, -0.15) is 0 Å². The van der Waals surface area contributed by atoms with Gasteiger partial charge in [0.25, 0.3) is 0 Å². The summed E-state index contributed by atoms with van der Waals surface area (Å²) in [6.07, 6.45) is 3.67. The van der Waals surface area contributed by atoms with Crippen LogP contribution in [0.5, 0.6) is 0 Å². The normalized spacial score (nSPS) is 31.6. The summed E-state index contributed by atoms with van der Waals surface area (Å²) in [5, 5.41) is 9.34. The smallest absolute Gasteiger partial charge is 0.0679 e. The monoisotopic (exact) mass is 184 g/mol. The number of hydrogen-bond acceptors (Lipinski definition) is 3. The molecule has 2 heterocycles. The topological polar surface area (TPSA) is 26.7 Å². The Kier molecular flexibility index (Phi) is 3.19. The van der Waals surface area contributed by atoms with Crippen molar-refractivity contribution >= 4 is 0 Å². The first-order chi connectivity index (χ1) is 6.34. The van der Waals surface area contributed by atoms with Gasteiger partial charge in [-0.05, 0) is 32.4 Å². The highest BCUT2D eigenvalue weighted by Crippen LogP contribution is 2.10. The van der Waals surface area contributed by atoms with Crippen molar-refractivity contribution in [2.75, 3.05) is 39.3 Å². The summed E-state index contributed by atoms with van der Waals surface area (Å²) in [7, 11) is 0. The molecule has 0 unspecified atom stereocenters. The predicted octanol–water partition coefficient (Wildman–Crippen LogP) is 0.149. The van der Waals surface area contributed by atoms with Gasteiger partial charge in [-0.25, -0.2) is 0 Å². The summed E-state index contributed by atoms with van der Waals surface area (Å²) in [5.41, 5.74) is 0. The van der Waals surface area contributed by atoms with Crippen molar-refractivity contribution in [2.45, 2.75) is 25.4 Å². The number of likely N-dealkylation sites (tertiary alicyclic amines) is 2. The zero-order valence-electron chi connectivity index (χ0n) is 8.28. The molecule has 76 valence electrons. The molecule has 0 spiro atoms. The van der Waals surface area contributed by atoms with E-state index in [0.717, 1.165) is 26.1 Å². The Morgan fingerprint density at radius 3 is 2.31 bits per heavy atom. The number of aliphatic hydroxyl groups is 1. The fourth-order valence-electron chi connectivity index (χ4n) is 2.30. The largest absolute Gasteiger partial charge is 0.392 e. The molecule has 0 amide bonds. The first kappa shape index (κ1) is 9.44. The van der Waals surface area contributed by atoms with E-state index >= 15 is 0 Å². The van der Waals surface area contributed by atoms with Crippen molar-refractivity contribution < 1.29 is 5.11 Å². The molecule has 1 atom stereocenters. The number of β-amino-alcohol motifs (C(OH)–C–C–N with tert-alkyl or cyclic N) is 1. The lowest BCUT2D eigenvalue weighted by atomic mass is 10.3. The Morgan fingerprint density at radius 1 is 1.00 bits per heavy atom. The molecule has 2 aliphatic rings. The molecule has 0 aromatic heterocycles. The molecule has 0 radical (unpaired) electrons. The van der Waals surface area contributed by atoms with Crippen LogP contribution >= 0.6 is 0 Å². The first-order valence-corrected chi connectivity index (χ1v) is 5.47. The van der Waals surface area contributed by atoms with Crippen LogP contribution in [-0.4, -0.2) is 60.3 Å². The molecule has 0 bridgehead atoms. The van der Waals surface area contributed by atoms with E-state index < -0.39 is 0 Å². The molecule has 3 heteroatoms. The van der Waals surface area contributed by atoms with Crippen LogP contribution in [0.4, 0.5) is 0 Å². The van der Waals surface area contributed by atoms with Crippen LogP contribution in [0.1, 0.15) is 19.3 Å². The zero-order chi connectivity index (χ0) is 9.10. The van der Waals surface area contributed by atoms with E-state index in [9.17, 15) is 5.11 Å². The van der Waals surface area contributed by atoms with Crippen LogP contribution in [0.15, 0.2) is 0 Å². The summed E-state index contributed by atoms with van der Waals surface area (Å²) in [4.78, 5) is 4.91. The average Bonchev–Trinajstić information content (AvgIpc) is 2.71. The molecule has 0 aromatic carbocycles. The molecule has 2 rings (SSSR count). The van der Waals surface area contributed by atoms with Crippen molar-refractivity contribution in [1.29, 1.82) is 0 Å². The first-order valence-electron chi connectivity index (χ1n) is 5.47. The molecule has 0 aliphatic carbocycles. The fraction of sp³-hybridized carbons (Fsp3) is 1.00. The van der Waals surface area contributed by atoms with Gasteiger partial charge < -0.3 is 10.0 Å².